The Morgan fingerprint density at radius 3 is 2.32 bits per heavy atom. The van der Waals surface area contributed by atoms with Gasteiger partial charge in [0.1, 0.15) is 6.04 Å². The van der Waals surface area contributed by atoms with E-state index >= 15 is 0 Å². The molecule has 0 saturated carbocycles. The molecule has 1 saturated heterocycles. The first-order valence-electron chi connectivity index (χ1n) is 7.29. The van der Waals surface area contributed by atoms with Crippen LogP contribution < -0.4 is 20.9 Å². The molecule has 1 heterocycles. The summed E-state index contributed by atoms with van der Waals surface area (Å²) in [6.07, 6.45) is -0.0879. The third-order valence-electron chi connectivity index (χ3n) is 3.53. The largest absolute Gasteiger partial charge is 0.372 e. The van der Waals surface area contributed by atoms with Crippen molar-refractivity contribution in [2.24, 2.45) is 0 Å². The zero-order valence-corrected chi connectivity index (χ0v) is 12.7. The summed E-state index contributed by atoms with van der Waals surface area (Å²) in [5.74, 6) is -0.796. The summed E-state index contributed by atoms with van der Waals surface area (Å²) in [6, 6.07) is 6.14. The standard InChI is InChI=1S/C15H20N4O3/c1-3-19(4-2)11-7-5-10(6-8-11)16-13(20)9-12-14(21)18-15(22)17-12/h5-8,12H,3-4,9H2,1-2H3,(H,16,20)(H2,17,18,21,22). The summed E-state index contributed by atoms with van der Waals surface area (Å²) in [7, 11) is 0. The smallest absolute Gasteiger partial charge is 0.322 e. The third-order valence-corrected chi connectivity index (χ3v) is 3.53. The van der Waals surface area contributed by atoms with E-state index in [1.165, 1.54) is 0 Å². The van der Waals surface area contributed by atoms with Gasteiger partial charge < -0.3 is 15.5 Å². The predicted molar refractivity (Wildman–Crippen MR) is 83.7 cm³/mol. The molecule has 0 bridgehead atoms. The molecule has 1 atom stereocenters. The monoisotopic (exact) mass is 304 g/mol. The maximum absolute atomic E-state index is 11.9. The second-order valence-electron chi connectivity index (χ2n) is 4.99. The molecular weight excluding hydrogens is 284 g/mol. The fourth-order valence-electron chi connectivity index (χ4n) is 2.34. The minimum atomic E-state index is -0.803. The molecule has 0 aromatic heterocycles. The lowest BCUT2D eigenvalue weighted by Gasteiger charge is -2.21. The van der Waals surface area contributed by atoms with Crippen molar-refractivity contribution in [2.45, 2.75) is 26.3 Å². The number of rotatable bonds is 6. The highest BCUT2D eigenvalue weighted by Crippen LogP contribution is 2.18. The molecular formula is C15H20N4O3. The van der Waals surface area contributed by atoms with Crippen molar-refractivity contribution < 1.29 is 14.4 Å². The minimum absolute atomic E-state index is 0.0879. The number of carbonyl (C=O) groups excluding carboxylic acids is 3. The average Bonchev–Trinajstić information content (AvgIpc) is 2.79. The van der Waals surface area contributed by atoms with Crippen LogP contribution in [-0.4, -0.2) is 37.0 Å². The molecule has 7 heteroatoms. The topological polar surface area (TPSA) is 90.5 Å². The van der Waals surface area contributed by atoms with Crippen LogP contribution in [0.2, 0.25) is 0 Å². The van der Waals surface area contributed by atoms with Crippen LogP contribution in [0.1, 0.15) is 20.3 Å². The number of urea groups is 1. The van der Waals surface area contributed by atoms with E-state index in [1.54, 1.807) is 0 Å². The van der Waals surface area contributed by atoms with Crippen molar-refractivity contribution >= 4 is 29.2 Å². The van der Waals surface area contributed by atoms with Gasteiger partial charge in [-0.1, -0.05) is 0 Å². The van der Waals surface area contributed by atoms with E-state index in [0.29, 0.717) is 5.69 Å². The van der Waals surface area contributed by atoms with Crippen LogP contribution in [0.3, 0.4) is 0 Å². The molecule has 22 heavy (non-hydrogen) atoms. The van der Waals surface area contributed by atoms with Gasteiger partial charge in [-0.2, -0.15) is 0 Å². The summed E-state index contributed by atoms with van der Waals surface area (Å²) in [5, 5.41) is 7.20. The molecule has 0 radical (unpaired) electrons. The Balaban J connectivity index is 1.92. The molecule has 2 rings (SSSR count). The highest BCUT2D eigenvalue weighted by atomic mass is 16.2. The molecule has 1 aliphatic rings. The predicted octanol–water partition coefficient (Wildman–Crippen LogP) is 1.07. The number of imide groups is 1. The van der Waals surface area contributed by atoms with Crippen LogP contribution in [0.5, 0.6) is 0 Å². The Labute approximate surface area is 129 Å². The van der Waals surface area contributed by atoms with Crippen LogP contribution in [0.15, 0.2) is 24.3 Å². The summed E-state index contributed by atoms with van der Waals surface area (Å²) in [4.78, 5) is 36.5. The van der Waals surface area contributed by atoms with Gasteiger partial charge in [0.05, 0.1) is 6.42 Å². The van der Waals surface area contributed by atoms with E-state index in [0.717, 1.165) is 18.8 Å². The third kappa shape index (κ3) is 3.75. The maximum Gasteiger partial charge on any atom is 0.322 e. The number of hydrogen-bond donors (Lipinski definition) is 3. The van der Waals surface area contributed by atoms with Crippen molar-refractivity contribution in [1.82, 2.24) is 10.6 Å². The van der Waals surface area contributed by atoms with Crippen LogP contribution in [0.4, 0.5) is 16.2 Å². The molecule has 1 aromatic rings. The number of nitrogens with zero attached hydrogens (tertiary/aromatic N) is 1. The Morgan fingerprint density at radius 2 is 1.82 bits per heavy atom. The van der Waals surface area contributed by atoms with Crippen molar-refractivity contribution in [2.75, 3.05) is 23.3 Å². The Bertz CT molecular complexity index is 567. The zero-order chi connectivity index (χ0) is 16.1. The van der Waals surface area contributed by atoms with Crippen LogP contribution in [-0.2, 0) is 9.59 Å². The number of carbonyl (C=O) groups is 3. The molecule has 0 spiro atoms. The van der Waals surface area contributed by atoms with Gasteiger partial charge in [0.25, 0.3) is 5.91 Å². The molecule has 7 nitrogen and oxygen atoms in total. The molecule has 0 aliphatic carbocycles. The molecule has 1 aromatic carbocycles. The summed E-state index contributed by atoms with van der Waals surface area (Å²) >= 11 is 0. The van der Waals surface area contributed by atoms with E-state index in [9.17, 15) is 14.4 Å². The van der Waals surface area contributed by atoms with E-state index < -0.39 is 18.0 Å². The second-order valence-corrected chi connectivity index (χ2v) is 4.99. The second kappa shape index (κ2) is 6.93. The minimum Gasteiger partial charge on any atom is -0.372 e. The fourth-order valence-corrected chi connectivity index (χ4v) is 2.34. The number of amides is 4. The van der Waals surface area contributed by atoms with E-state index in [4.69, 9.17) is 0 Å². The Morgan fingerprint density at radius 1 is 1.18 bits per heavy atom. The van der Waals surface area contributed by atoms with E-state index in [-0.39, 0.29) is 12.3 Å². The average molecular weight is 304 g/mol. The molecule has 1 aliphatic heterocycles. The lowest BCUT2D eigenvalue weighted by molar-refractivity contribution is -0.124. The maximum atomic E-state index is 11.9. The number of nitrogens with one attached hydrogen (secondary N) is 3. The first-order valence-corrected chi connectivity index (χ1v) is 7.29. The van der Waals surface area contributed by atoms with Gasteiger partial charge in [0.15, 0.2) is 0 Å². The zero-order valence-electron chi connectivity index (χ0n) is 12.7. The van der Waals surface area contributed by atoms with Crippen molar-refractivity contribution in [3.63, 3.8) is 0 Å². The van der Waals surface area contributed by atoms with Gasteiger partial charge in [-0.15, -0.1) is 0 Å². The number of hydrogen-bond acceptors (Lipinski definition) is 4. The molecule has 118 valence electrons. The van der Waals surface area contributed by atoms with Gasteiger partial charge >= 0.3 is 6.03 Å². The van der Waals surface area contributed by atoms with Gasteiger partial charge in [0, 0.05) is 24.5 Å². The van der Waals surface area contributed by atoms with Crippen LogP contribution >= 0.6 is 0 Å². The van der Waals surface area contributed by atoms with Gasteiger partial charge in [-0.3, -0.25) is 14.9 Å². The first kappa shape index (κ1) is 15.8. The highest BCUT2D eigenvalue weighted by molar-refractivity contribution is 6.06. The molecule has 4 amide bonds. The van der Waals surface area contributed by atoms with Crippen LogP contribution in [0, 0.1) is 0 Å². The number of anilines is 2. The van der Waals surface area contributed by atoms with Gasteiger partial charge in [-0.25, -0.2) is 4.79 Å². The lowest BCUT2D eigenvalue weighted by Crippen LogP contribution is -2.33. The Kier molecular flexibility index (Phi) is 4.98. The molecule has 1 fully saturated rings. The summed E-state index contributed by atoms with van der Waals surface area (Å²) < 4.78 is 0. The Hall–Kier alpha value is -2.57. The van der Waals surface area contributed by atoms with E-state index in [1.807, 2.05) is 24.3 Å². The van der Waals surface area contributed by atoms with Crippen molar-refractivity contribution in [3.05, 3.63) is 24.3 Å². The molecule has 3 N–H and O–H groups in total. The highest BCUT2D eigenvalue weighted by Gasteiger charge is 2.31. The first-order chi connectivity index (χ1) is 10.5. The summed E-state index contributed by atoms with van der Waals surface area (Å²) in [5.41, 5.74) is 1.75. The lowest BCUT2D eigenvalue weighted by atomic mass is 10.2. The number of benzene rings is 1. The normalized spacial score (nSPS) is 16.9. The molecule has 1 unspecified atom stereocenters. The fraction of sp³-hybridized carbons (Fsp3) is 0.400. The van der Waals surface area contributed by atoms with Gasteiger partial charge in [0.2, 0.25) is 5.91 Å². The van der Waals surface area contributed by atoms with Crippen molar-refractivity contribution in [1.29, 1.82) is 0 Å². The summed E-state index contributed by atoms with van der Waals surface area (Å²) in [6.45, 7) is 6.00. The van der Waals surface area contributed by atoms with E-state index in [2.05, 4.69) is 34.7 Å². The van der Waals surface area contributed by atoms with Crippen molar-refractivity contribution in [3.8, 4) is 0 Å². The van der Waals surface area contributed by atoms with Crippen LogP contribution in [0.25, 0.3) is 0 Å². The SMILES string of the molecule is CCN(CC)c1ccc(NC(=O)CC2NC(=O)NC2=O)cc1. The van der Waals surface area contributed by atoms with Gasteiger partial charge in [-0.05, 0) is 38.1 Å². The quantitative estimate of drug-likeness (QED) is 0.686.